The zero-order valence-electron chi connectivity index (χ0n) is 13.1. The number of nitrogens with one attached hydrogen (secondary N) is 1. The summed E-state index contributed by atoms with van der Waals surface area (Å²) in [5, 5.41) is 11.9. The second-order valence-corrected chi connectivity index (χ2v) is 6.22. The van der Waals surface area contributed by atoms with Gasteiger partial charge in [0.15, 0.2) is 0 Å². The van der Waals surface area contributed by atoms with E-state index in [-0.39, 0.29) is 18.6 Å². The van der Waals surface area contributed by atoms with Crippen LogP contribution >= 0.6 is 0 Å². The number of likely N-dealkylation sites (tertiary alicyclic amines) is 1. The number of aliphatic carboxylic acids is 1. The lowest BCUT2D eigenvalue weighted by Gasteiger charge is -2.41. The van der Waals surface area contributed by atoms with Crippen LogP contribution in [-0.4, -0.2) is 41.1 Å². The van der Waals surface area contributed by atoms with Crippen molar-refractivity contribution in [2.24, 2.45) is 17.8 Å². The van der Waals surface area contributed by atoms with Gasteiger partial charge < -0.3 is 15.3 Å². The van der Waals surface area contributed by atoms with Gasteiger partial charge in [-0.15, -0.1) is 0 Å². The van der Waals surface area contributed by atoms with Crippen molar-refractivity contribution in [1.29, 1.82) is 0 Å². The minimum atomic E-state index is -0.833. The van der Waals surface area contributed by atoms with Crippen LogP contribution in [0.25, 0.3) is 0 Å². The minimum absolute atomic E-state index is 0.127. The molecule has 1 heterocycles. The predicted octanol–water partition coefficient (Wildman–Crippen LogP) is 2.56. The number of hydrogen-bond donors (Lipinski definition) is 2. The largest absolute Gasteiger partial charge is 0.481 e. The van der Waals surface area contributed by atoms with Crippen LogP contribution in [0.1, 0.15) is 47.0 Å². The number of urea groups is 1. The first kappa shape index (κ1) is 16.8. The lowest BCUT2D eigenvalue weighted by molar-refractivity contribution is -0.141. The third-order valence-electron chi connectivity index (χ3n) is 4.34. The maximum atomic E-state index is 12.3. The van der Waals surface area contributed by atoms with E-state index < -0.39 is 11.9 Å². The number of nitrogens with zero attached hydrogens (tertiary/aromatic N) is 1. The first-order chi connectivity index (χ1) is 9.36. The molecule has 1 saturated heterocycles. The van der Waals surface area contributed by atoms with Gasteiger partial charge >= 0.3 is 12.0 Å². The molecule has 2 amide bonds. The highest BCUT2D eigenvalue weighted by molar-refractivity contribution is 5.76. The Hall–Kier alpha value is -1.26. The van der Waals surface area contributed by atoms with Crippen LogP contribution in [-0.2, 0) is 4.79 Å². The van der Waals surface area contributed by atoms with E-state index in [1.807, 2.05) is 11.8 Å². The Labute approximate surface area is 121 Å². The van der Waals surface area contributed by atoms with Gasteiger partial charge in [-0.2, -0.15) is 0 Å². The summed E-state index contributed by atoms with van der Waals surface area (Å²) in [7, 11) is 0. The van der Waals surface area contributed by atoms with Gasteiger partial charge in [-0.25, -0.2) is 4.79 Å². The number of hydrogen-bond acceptors (Lipinski definition) is 2. The van der Waals surface area contributed by atoms with Gasteiger partial charge in [-0.3, -0.25) is 4.79 Å². The van der Waals surface area contributed by atoms with E-state index in [4.69, 9.17) is 5.11 Å². The minimum Gasteiger partial charge on any atom is -0.481 e. The smallest absolute Gasteiger partial charge is 0.317 e. The number of rotatable bonds is 5. The molecule has 0 bridgehead atoms. The van der Waals surface area contributed by atoms with Crippen LogP contribution in [0.5, 0.6) is 0 Å². The number of carboxylic acid groups (broad SMARTS) is 1. The molecule has 5 heteroatoms. The molecule has 0 radical (unpaired) electrons. The van der Waals surface area contributed by atoms with Gasteiger partial charge in [0, 0.05) is 19.1 Å². The van der Waals surface area contributed by atoms with E-state index in [0.717, 1.165) is 19.4 Å². The number of carboxylic acids is 1. The molecule has 1 rings (SSSR count). The highest BCUT2D eigenvalue weighted by Gasteiger charge is 2.32. The van der Waals surface area contributed by atoms with Crippen molar-refractivity contribution in [1.82, 2.24) is 10.2 Å². The van der Waals surface area contributed by atoms with Crippen molar-refractivity contribution >= 4 is 12.0 Å². The molecule has 0 aromatic rings. The highest BCUT2D eigenvalue weighted by atomic mass is 16.4. The van der Waals surface area contributed by atoms with Gasteiger partial charge in [0.25, 0.3) is 0 Å². The molecule has 0 saturated carbocycles. The molecular weight excluding hydrogens is 256 g/mol. The number of carbonyl (C=O) groups excluding carboxylic acids is 1. The summed E-state index contributed by atoms with van der Waals surface area (Å²) in [6, 6.07) is 0.0823. The molecule has 116 valence electrons. The molecule has 0 spiro atoms. The van der Waals surface area contributed by atoms with Crippen LogP contribution < -0.4 is 5.32 Å². The fraction of sp³-hybridized carbons (Fsp3) is 0.867. The molecule has 1 aliphatic rings. The van der Waals surface area contributed by atoms with E-state index in [0.29, 0.717) is 18.3 Å². The lowest BCUT2D eigenvalue weighted by atomic mass is 9.86. The van der Waals surface area contributed by atoms with Crippen LogP contribution in [0.4, 0.5) is 4.79 Å². The van der Waals surface area contributed by atoms with Crippen LogP contribution in [0, 0.1) is 17.8 Å². The van der Waals surface area contributed by atoms with E-state index >= 15 is 0 Å². The molecule has 0 aromatic carbocycles. The summed E-state index contributed by atoms with van der Waals surface area (Å²) in [4.78, 5) is 25.2. The second-order valence-electron chi connectivity index (χ2n) is 6.22. The number of piperidine rings is 1. The van der Waals surface area contributed by atoms with Crippen LogP contribution in [0.2, 0.25) is 0 Å². The van der Waals surface area contributed by atoms with Gasteiger partial charge in [-0.05, 0) is 31.6 Å². The molecule has 0 aliphatic carbocycles. The second kappa shape index (κ2) is 7.50. The van der Waals surface area contributed by atoms with Crippen molar-refractivity contribution in [2.45, 2.75) is 53.0 Å². The highest BCUT2D eigenvalue weighted by Crippen LogP contribution is 2.26. The number of carbonyl (C=O) groups is 2. The molecule has 5 nitrogen and oxygen atoms in total. The average Bonchev–Trinajstić information content (AvgIpc) is 2.37. The Bertz CT molecular complexity index is 346. The normalized spacial score (nSPS) is 28.0. The lowest BCUT2D eigenvalue weighted by Crippen LogP contribution is -2.53. The first-order valence-electron chi connectivity index (χ1n) is 7.64. The maximum absolute atomic E-state index is 12.3. The zero-order chi connectivity index (χ0) is 15.3. The Kier molecular flexibility index (Phi) is 6.30. The molecule has 4 atom stereocenters. The standard InChI is InChI=1S/C15H28N2O3/c1-5-6-13(14(18)19)8-16-15(20)17-9-10(2)7-11(3)12(17)4/h10-13H,5-9H2,1-4H3,(H,16,20)(H,18,19). The average molecular weight is 284 g/mol. The first-order valence-corrected chi connectivity index (χ1v) is 7.64. The van der Waals surface area contributed by atoms with Crippen LogP contribution in [0.15, 0.2) is 0 Å². The fourth-order valence-corrected chi connectivity index (χ4v) is 2.96. The molecule has 1 aliphatic heterocycles. The van der Waals surface area contributed by atoms with E-state index in [2.05, 4.69) is 26.1 Å². The summed E-state index contributed by atoms with van der Waals surface area (Å²) < 4.78 is 0. The van der Waals surface area contributed by atoms with Crippen molar-refractivity contribution in [2.75, 3.05) is 13.1 Å². The molecule has 4 unspecified atom stereocenters. The molecular formula is C15H28N2O3. The summed E-state index contributed by atoms with van der Waals surface area (Å²) in [5.41, 5.74) is 0. The SMILES string of the molecule is CCCC(CNC(=O)N1CC(C)CC(C)C1C)C(=O)O. The summed E-state index contributed by atoms with van der Waals surface area (Å²) in [6.07, 6.45) is 2.54. The molecule has 2 N–H and O–H groups in total. The zero-order valence-corrected chi connectivity index (χ0v) is 13.1. The summed E-state index contributed by atoms with van der Waals surface area (Å²) in [5.74, 6) is -0.340. The van der Waals surface area contributed by atoms with Gasteiger partial charge in [0.05, 0.1) is 5.92 Å². The molecule has 20 heavy (non-hydrogen) atoms. The van der Waals surface area contributed by atoms with Crippen molar-refractivity contribution in [3.63, 3.8) is 0 Å². The third-order valence-corrected chi connectivity index (χ3v) is 4.34. The predicted molar refractivity (Wildman–Crippen MR) is 78.5 cm³/mol. The third kappa shape index (κ3) is 4.39. The van der Waals surface area contributed by atoms with Gasteiger partial charge in [0.2, 0.25) is 0 Å². The Morgan fingerprint density at radius 1 is 1.35 bits per heavy atom. The fourth-order valence-electron chi connectivity index (χ4n) is 2.96. The molecule has 0 aromatic heterocycles. The number of amides is 2. The Morgan fingerprint density at radius 2 is 2.00 bits per heavy atom. The summed E-state index contributed by atoms with van der Waals surface area (Å²) >= 11 is 0. The van der Waals surface area contributed by atoms with E-state index in [1.165, 1.54) is 0 Å². The Balaban J connectivity index is 2.54. The van der Waals surface area contributed by atoms with Crippen molar-refractivity contribution in [3.8, 4) is 0 Å². The topological polar surface area (TPSA) is 69.6 Å². The molecule has 1 fully saturated rings. The summed E-state index contributed by atoms with van der Waals surface area (Å²) in [6.45, 7) is 9.30. The quantitative estimate of drug-likeness (QED) is 0.815. The maximum Gasteiger partial charge on any atom is 0.317 e. The Morgan fingerprint density at radius 3 is 2.55 bits per heavy atom. The van der Waals surface area contributed by atoms with Crippen molar-refractivity contribution < 1.29 is 14.7 Å². The van der Waals surface area contributed by atoms with Gasteiger partial charge in [0.1, 0.15) is 0 Å². The monoisotopic (exact) mass is 284 g/mol. The van der Waals surface area contributed by atoms with E-state index in [1.54, 1.807) is 0 Å². The van der Waals surface area contributed by atoms with Gasteiger partial charge in [-0.1, -0.05) is 27.2 Å². The van der Waals surface area contributed by atoms with E-state index in [9.17, 15) is 9.59 Å². The van der Waals surface area contributed by atoms with Crippen LogP contribution in [0.3, 0.4) is 0 Å². The van der Waals surface area contributed by atoms with Crippen molar-refractivity contribution in [3.05, 3.63) is 0 Å².